The number of hydrogen-bond acceptors (Lipinski definition) is 5. The molecule has 0 amide bonds. The quantitative estimate of drug-likeness (QED) is 0.336. The molecule has 2 saturated heterocycles. The van der Waals surface area contributed by atoms with Crippen LogP contribution in [0.1, 0.15) is 29.7 Å². The van der Waals surface area contributed by atoms with Gasteiger partial charge in [0.1, 0.15) is 6.10 Å². The van der Waals surface area contributed by atoms with Crippen LogP contribution in [0.2, 0.25) is 0 Å². The van der Waals surface area contributed by atoms with Crippen molar-refractivity contribution < 1.29 is 9.47 Å². The van der Waals surface area contributed by atoms with Crippen molar-refractivity contribution in [2.75, 3.05) is 52.5 Å². The maximum absolute atomic E-state index is 6.01. The zero-order valence-electron chi connectivity index (χ0n) is 19.1. The number of hydrogen-bond donors (Lipinski definition) is 1. The van der Waals surface area contributed by atoms with E-state index in [2.05, 4.69) is 51.4 Å². The lowest BCUT2D eigenvalue weighted by Crippen LogP contribution is -2.48. The maximum atomic E-state index is 6.01. The van der Waals surface area contributed by atoms with E-state index in [1.807, 2.05) is 24.1 Å². The van der Waals surface area contributed by atoms with Gasteiger partial charge in [0.15, 0.2) is 5.96 Å². The minimum atomic E-state index is 0. The molecule has 8 nitrogen and oxygen atoms in total. The lowest BCUT2D eigenvalue weighted by Gasteiger charge is -2.35. The Bertz CT molecular complexity index is 868. The Balaban J connectivity index is 0.00000289. The fraction of sp³-hybridized carbons (Fsp3) is 0.565. The van der Waals surface area contributed by atoms with Crippen molar-refractivity contribution in [1.29, 1.82) is 0 Å². The molecule has 0 bridgehead atoms. The SMILES string of the molecule is CCNC(=NCc1ccccc1CN1CCOCC1)N1CCOC(c2cnn(C)c2)C1.I. The van der Waals surface area contributed by atoms with Gasteiger partial charge >= 0.3 is 0 Å². The number of halogens is 1. The highest BCUT2D eigenvalue weighted by Crippen LogP contribution is 2.22. The van der Waals surface area contributed by atoms with Gasteiger partial charge < -0.3 is 19.7 Å². The predicted octanol–water partition coefficient (Wildman–Crippen LogP) is 2.41. The molecule has 32 heavy (non-hydrogen) atoms. The lowest BCUT2D eigenvalue weighted by molar-refractivity contribution is -0.00805. The monoisotopic (exact) mass is 554 g/mol. The Morgan fingerprint density at radius 3 is 2.66 bits per heavy atom. The second-order valence-corrected chi connectivity index (χ2v) is 8.08. The van der Waals surface area contributed by atoms with E-state index in [1.165, 1.54) is 11.1 Å². The Morgan fingerprint density at radius 1 is 1.16 bits per heavy atom. The minimum absolute atomic E-state index is 0. The molecule has 0 aliphatic carbocycles. The van der Waals surface area contributed by atoms with Crippen molar-refractivity contribution in [2.24, 2.45) is 12.0 Å². The minimum Gasteiger partial charge on any atom is -0.379 e. The molecule has 3 heterocycles. The van der Waals surface area contributed by atoms with Crippen LogP contribution in [0.5, 0.6) is 0 Å². The van der Waals surface area contributed by atoms with E-state index < -0.39 is 0 Å². The van der Waals surface area contributed by atoms with Crippen LogP contribution < -0.4 is 5.32 Å². The number of nitrogens with zero attached hydrogens (tertiary/aromatic N) is 5. The molecular weight excluding hydrogens is 519 g/mol. The fourth-order valence-corrected chi connectivity index (χ4v) is 4.10. The molecule has 9 heteroatoms. The number of aryl methyl sites for hydroxylation is 1. The highest BCUT2D eigenvalue weighted by atomic mass is 127. The van der Waals surface area contributed by atoms with Crippen molar-refractivity contribution in [1.82, 2.24) is 24.9 Å². The average molecular weight is 554 g/mol. The first-order valence-corrected chi connectivity index (χ1v) is 11.2. The first-order valence-electron chi connectivity index (χ1n) is 11.2. The summed E-state index contributed by atoms with van der Waals surface area (Å²) in [4.78, 5) is 9.76. The second kappa shape index (κ2) is 12.5. The van der Waals surface area contributed by atoms with Crippen LogP contribution in [0.4, 0.5) is 0 Å². The summed E-state index contributed by atoms with van der Waals surface area (Å²) in [6.45, 7) is 10.5. The summed E-state index contributed by atoms with van der Waals surface area (Å²) < 4.78 is 13.3. The van der Waals surface area contributed by atoms with Gasteiger partial charge in [-0.05, 0) is 18.1 Å². The summed E-state index contributed by atoms with van der Waals surface area (Å²) in [5, 5.41) is 7.77. The molecule has 4 rings (SSSR count). The van der Waals surface area contributed by atoms with Crippen LogP contribution in [0.25, 0.3) is 0 Å². The third-order valence-electron chi connectivity index (χ3n) is 5.81. The Hall–Kier alpha value is -1.69. The molecule has 1 aromatic carbocycles. The first-order chi connectivity index (χ1) is 15.2. The number of morpholine rings is 2. The topological polar surface area (TPSA) is 67.2 Å². The Morgan fingerprint density at radius 2 is 1.94 bits per heavy atom. The van der Waals surface area contributed by atoms with Crippen molar-refractivity contribution in [2.45, 2.75) is 26.1 Å². The molecule has 1 aromatic heterocycles. The van der Waals surface area contributed by atoms with E-state index in [1.54, 1.807) is 0 Å². The number of aliphatic imine (C=N–C) groups is 1. The molecule has 2 fully saturated rings. The number of ether oxygens (including phenoxy) is 2. The van der Waals surface area contributed by atoms with Crippen LogP contribution in [0, 0.1) is 0 Å². The Kier molecular flexibility index (Phi) is 9.76. The van der Waals surface area contributed by atoms with Gasteiger partial charge in [0.2, 0.25) is 0 Å². The van der Waals surface area contributed by atoms with Crippen LogP contribution in [0.3, 0.4) is 0 Å². The van der Waals surface area contributed by atoms with Gasteiger partial charge in [-0.1, -0.05) is 24.3 Å². The van der Waals surface area contributed by atoms with E-state index >= 15 is 0 Å². The molecule has 0 saturated carbocycles. The number of guanidine groups is 1. The largest absolute Gasteiger partial charge is 0.379 e. The van der Waals surface area contributed by atoms with Crippen LogP contribution in [-0.2, 0) is 29.6 Å². The average Bonchev–Trinajstić information content (AvgIpc) is 3.25. The zero-order chi connectivity index (χ0) is 21.5. The summed E-state index contributed by atoms with van der Waals surface area (Å²) in [6.07, 6.45) is 3.93. The standard InChI is InChI=1S/C23H34N6O2.HI/c1-3-24-23(29-10-13-31-22(18-29)21-15-26-27(2)16-21)25-14-19-6-4-5-7-20(19)17-28-8-11-30-12-9-28;/h4-7,15-16,22H,3,8-14,17-18H2,1-2H3,(H,24,25);1H. The number of nitrogens with one attached hydrogen (secondary N) is 1. The molecule has 2 aliphatic rings. The molecule has 1 unspecified atom stereocenters. The number of rotatable bonds is 6. The molecule has 0 spiro atoms. The molecule has 0 radical (unpaired) electrons. The van der Waals surface area contributed by atoms with Gasteiger partial charge in [0.25, 0.3) is 0 Å². The second-order valence-electron chi connectivity index (χ2n) is 8.08. The summed E-state index contributed by atoms with van der Waals surface area (Å²) in [7, 11) is 1.93. The third-order valence-corrected chi connectivity index (χ3v) is 5.81. The first kappa shape index (κ1) is 24.9. The van der Waals surface area contributed by atoms with Crippen LogP contribution in [-0.4, -0.2) is 78.1 Å². The summed E-state index contributed by atoms with van der Waals surface area (Å²) in [5.41, 5.74) is 3.74. The molecule has 2 aliphatic heterocycles. The molecule has 1 N–H and O–H groups in total. The molecule has 176 valence electrons. The number of aromatic nitrogens is 2. The number of benzene rings is 1. The van der Waals surface area contributed by atoms with Crippen molar-refractivity contribution >= 4 is 29.9 Å². The summed E-state index contributed by atoms with van der Waals surface area (Å²) in [6, 6.07) is 8.64. The third kappa shape index (κ3) is 6.66. The van der Waals surface area contributed by atoms with Crippen molar-refractivity contribution in [3.8, 4) is 0 Å². The summed E-state index contributed by atoms with van der Waals surface area (Å²) in [5.74, 6) is 0.945. The van der Waals surface area contributed by atoms with E-state index in [4.69, 9.17) is 14.5 Å². The summed E-state index contributed by atoms with van der Waals surface area (Å²) >= 11 is 0. The predicted molar refractivity (Wildman–Crippen MR) is 136 cm³/mol. The zero-order valence-corrected chi connectivity index (χ0v) is 21.4. The highest BCUT2D eigenvalue weighted by molar-refractivity contribution is 14.0. The lowest BCUT2D eigenvalue weighted by atomic mass is 10.1. The van der Waals surface area contributed by atoms with Crippen LogP contribution in [0.15, 0.2) is 41.7 Å². The molecule has 2 aromatic rings. The fourth-order valence-electron chi connectivity index (χ4n) is 4.10. The molecular formula is C23H35IN6O2. The van der Waals surface area contributed by atoms with E-state index in [-0.39, 0.29) is 30.1 Å². The van der Waals surface area contributed by atoms with Gasteiger partial charge in [-0.15, -0.1) is 24.0 Å². The molecule has 1 atom stereocenters. The Labute approximate surface area is 208 Å². The smallest absolute Gasteiger partial charge is 0.194 e. The van der Waals surface area contributed by atoms with Gasteiger partial charge in [-0.3, -0.25) is 9.58 Å². The van der Waals surface area contributed by atoms with Gasteiger partial charge in [-0.25, -0.2) is 4.99 Å². The van der Waals surface area contributed by atoms with E-state index in [0.29, 0.717) is 13.2 Å². The highest BCUT2D eigenvalue weighted by Gasteiger charge is 2.25. The van der Waals surface area contributed by atoms with E-state index in [9.17, 15) is 0 Å². The maximum Gasteiger partial charge on any atom is 0.194 e. The van der Waals surface area contributed by atoms with Crippen molar-refractivity contribution in [3.05, 3.63) is 53.3 Å². The normalized spacial score (nSPS) is 20.1. The van der Waals surface area contributed by atoms with Gasteiger partial charge in [0.05, 0.1) is 39.1 Å². The van der Waals surface area contributed by atoms with Crippen molar-refractivity contribution in [3.63, 3.8) is 0 Å². The van der Waals surface area contributed by atoms with Crippen LogP contribution >= 0.6 is 24.0 Å². The van der Waals surface area contributed by atoms with Gasteiger partial charge in [0, 0.05) is 51.5 Å². The van der Waals surface area contributed by atoms with Gasteiger partial charge in [-0.2, -0.15) is 5.10 Å². The van der Waals surface area contributed by atoms with E-state index in [0.717, 1.165) is 64.0 Å².